The van der Waals surface area contributed by atoms with Gasteiger partial charge in [0, 0.05) is 28.9 Å². The number of aryl methyl sites for hydroxylation is 1. The molecule has 0 radical (unpaired) electrons. The van der Waals surface area contributed by atoms with Gasteiger partial charge in [0.1, 0.15) is 16.9 Å². The van der Waals surface area contributed by atoms with Crippen molar-refractivity contribution < 1.29 is 21.6 Å². The lowest BCUT2D eigenvalue weighted by molar-refractivity contribution is 0.153. The molecule has 0 amide bonds. The van der Waals surface area contributed by atoms with Crippen molar-refractivity contribution in [3.05, 3.63) is 77.0 Å². The number of nitrogens with one attached hydrogen (secondary N) is 1. The highest BCUT2D eigenvalue weighted by molar-refractivity contribution is 7.89. The van der Waals surface area contributed by atoms with Crippen LogP contribution in [0.4, 0.5) is 19.1 Å². The maximum Gasteiger partial charge on any atom is 0.266 e. The first kappa shape index (κ1) is 29.8. The zero-order valence-electron chi connectivity index (χ0n) is 23.7. The Balaban J connectivity index is 1.36. The standard InChI is InChI=1S/C30H33F3N6O2S/c1-18-24(13-10-22(35-18)17-42(40,41)16-19-4-6-20(31)7-5-19)26-14-25(29(32)33)28-27(37-26)15-34-30(38-28)36-21-8-11-23(12-9-21)39(2)3/h4-7,10,13-15,21,23,29H,8-9,11-12,16-17H2,1-3H3,(H,34,36,38). The summed E-state index contributed by atoms with van der Waals surface area (Å²) < 4.78 is 67.1. The van der Waals surface area contributed by atoms with E-state index >= 15 is 0 Å². The Morgan fingerprint density at radius 1 is 0.976 bits per heavy atom. The first-order chi connectivity index (χ1) is 20.0. The number of sulfone groups is 1. The first-order valence-electron chi connectivity index (χ1n) is 13.8. The molecule has 0 unspecified atom stereocenters. The highest BCUT2D eigenvalue weighted by Crippen LogP contribution is 2.32. The van der Waals surface area contributed by atoms with Crippen LogP contribution in [0.15, 0.2) is 48.7 Å². The fourth-order valence-electron chi connectivity index (χ4n) is 5.42. The molecule has 1 saturated carbocycles. The lowest BCUT2D eigenvalue weighted by Crippen LogP contribution is -2.36. The van der Waals surface area contributed by atoms with E-state index in [1.165, 1.54) is 36.5 Å². The summed E-state index contributed by atoms with van der Waals surface area (Å²) in [6, 6.07) is 10.5. The predicted octanol–water partition coefficient (Wildman–Crippen LogP) is 5.87. The van der Waals surface area contributed by atoms with Crippen molar-refractivity contribution in [1.29, 1.82) is 0 Å². The Hall–Kier alpha value is -3.64. The Morgan fingerprint density at radius 2 is 1.69 bits per heavy atom. The van der Waals surface area contributed by atoms with E-state index in [2.05, 4.69) is 44.2 Å². The molecule has 1 aromatic carbocycles. The SMILES string of the molecule is Cc1nc(CS(=O)(=O)Cc2ccc(F)cc2)ccc1-c1cc(C(F)F)c2nc(NC3CCC(N(C)C)CC3)ncc2n1. The van der Waals surface area contributed by atoms with Crippen molar-refractivity contribution in [3.63, 3.8) is 0 Å². The lowest BCUT2D eigenvalue weighted by atomic mass is 9.91. The third-order valence-corrected chi connectivity index (χ3v) is 9.17. The normalized spacial score (nSPS) is 17.7. The van der Waals surface area contributed by atoms with Gasteiger partial charge in [0.15, 0.2) is 9.84 Å². The molecule has 222 valence electrons. The van der Waals surface area contributed by atoms with E-state index in [-0.39, 0.29) is 39.8 Å². The molecule has 3 heterocycles. The van der Waals surface area contributed by atoms with E-state index in [1.807, 2.05) is 0 Å². The molecule has 12 heteroatoms. The molecular formula is C30H33F3N6O2S. The Morgan fingerprint density at radius 3 is 2.33 bits per heavy atom. The zero-order chi connectivity index (χ0) is 30.0. The molecule has 1 aliphatic carbocycles. The lowest BCUT2D eigenvalue weighted by Gasteiger charge is -2.32. The van der Waals surface area contributed by atoms with Gasteiger partial charge in [-0.1, -0.05) is 12.1 Å². The van der Waals surface area contributed by atoms with E-state index < -0.39 is 22.1 Å². The van der Waals surface area contributed by atoms with Gasteiger partial charge in [-0.15, -0.1) is 0 Å². The number of aromatic nitrogens is 4. The zero-order valence-corrected chi connectivity index (χ0v) is 24.5. The van der Waals surface area contributed by atoms with Gasteiger partial charge in [0.2, 0.25) is 5.95 Å². The van der Waals surface area contributed by atoms with Crippen LogP contribution in [-0.4, -0.2) is 59.4 Å². The number of alkyl halides is 2. The summed E-state index contributed by atoms with van der Waals surface area (Å²) in [7, 11) is 0.564. The minimum Gasteiger partial charge on any atom is -0.351 e. The number of rotatable bonds is 9. The highest BCUT2D eigenvalue weighted by atomic mass is 32.2. The number of hydrogen-bond donors (Lipinski definition) is 1. The molecule has 1 aliphatic rings. The summed E-state index contributed by atoms with van der Waals surface area (Å²) in [5.74, 6) is -0.716. The quantitative estimate of drug-likeness (QED) is 0.255. The average Bonchev–Trinajstić information content (AvgIpc) is 2.93. The first-order valence-corrected chi connectivity index (χ1v) is 15.6. The van der Waals surface area contributed by atoms with Crippen LogP contribution in [0.1, 0.15) is 54.6 Å². The second kappa shape index (κ2) is 12.3. The van der Waals surface area contributed by atoms with Gasteiger partial charge >= 0.3 is 0 Å². The Labute approximate surface area is 243 Å². The molecule has 0 atom stereocenters. The molecule has 4 aromatic rings. The van der Waals surface area contributed by atoms with Crippen LogP contribution < -0.4 is 5.32 Å². The van der Waals surface area contributed by atoms with Crippen molar-refractivity contribution in [2.45, 2.75) is 62.6 Å². The van der Waals surface area contributed by atoms with Gasteiger partial charge in [-0.3, -0.25) is 4.98 Å². The minimum absolute atomic E-state index is 0.0855. The third kappa shape index (κ3) is 7.04. The Bertz CT molecular complexity index is 1680. The molecular weight excluding hydrogens is 565 g/mol. The van der Waals surface area contributed by atoms with Crippen molar-refractivity contribution in [3.8, 4) is 11.3 Å². The Kier molecular flexibility index (Phi) is 8.74. The second-order valence-electron chi connectivity index (χ2n) is 11.0. The average molecular weight is 599 g/mol. The van der Waals surface area contributed by atoms with Crippen molar-refractivity contribution in [2.24, 2.45) is 0 Å². The number of pyridine rings is 2. The van der Waals surface area contributed by atoms with Crippen LogP contribution in [0.5, 0.6) is 0 Å². The maximum atomic E-state index is 14.2. The summed E-state index contributed by atoms with van der Waals surface area (Å²) >= 11 is 0. The smallest absolute Gasteiger partial charge is 0.266 e. The van der Waals surface area contributed by atoms with Crippen LogP contribution in [0.25, 0.3) is 22.3 Å². The number of hydrogen-bond acceptors (Lipinski definition) is 8. The number of halogens is 3. The van der Waals surface area contributed by atoms with E-state index in [0.29, 0.717) is 34.5 Å². The van der Waals surface area contributed by atoms with Crippen LogP contribution >= 0.6 is 0 Å². The van der Waals surface area contributed by atoms with Crippen molar-refractivity contribution in [2.75, 3.05) is 19.4 Å². The number of nitrogens with zero attached hydrogens (tertiary/aromatic N) is 5. The van der Waals surface area contributed by atoms with E-state index in [9.17, 15) is 21.6 Å². The number of fused-ring (bicyclic) bond motifs is 1. The second-order valence-corrected chi connectivity index (χ2v) is 13.1. The molecule has 0 aliphatic heterocycles. The fraction of sp³-hybridized carbons (Fsp3) is 0.400. The van der Waals surface area contributed by atoms with Gasteiger partial charge in [0.25, 0.3) is 6.43 Å². The van der Waals surface area contributed by atoms with Crippen LogP contribution in [0.3, 0.4) is 0 Å². The largest absolute Gasteiger partial charge is 0.351 e. The van der Waals surface area contributed by atoms with E-state index in [1.54, 1.807) is 19.1 Å². The summed E-state index contributed by atoms with van der Waals surface area (Å²) in [5.41, 5.74) is 2.06. The van der Waals surface area contributed by atoms with Crippen LogP contribution in [0.2, 0.25) is 0 Å². The summed E-state index contributed by atoms with van der Waals surface area (Å²) in [5, 5.41) is 3.31. The molecule has 8 nitrogen and oxygen atoms in total. The van der Waals surface area contributed by atoms with Crippen LogP contribution in [0, 0.1) is 12.7 Å². The van der Waals surface area contributed by atoms with Gasteiger partial charge in [-0.05, 0) is 82.6 Å². The van der Waals surface area contributed by atoms with E-state index in [0.717, 1.165) is 25.7 Å². The maximum absolute atomic E-state index is 14.2. The van der Waals surface area contributed by atoms with Gasteiger partial charge < -0.3 is 10.2 Å². The minimum atomic E-state index is -3.59. The summed E-state index contributed by atoms with van der Waals surface area (Å²) in [4.78, 5) is 20.0. The molecule has 5 rings (SSSR count). The fourth-order valence-corrected chi connectivity index (χ4v) is 6.83. The number of benzene rings is 1. The molecule has 0 saturated heterocycles. The van der Waals surface area contributed by atoms with Crippen molar-refractivity contribution >= 4 is 26.8 Å². The van der Waals surface area contributed by atoms with Gasteiger partial charge in [-0.25, -0.2) is 36.5 Å². The summed E-state index contributed by atoms with van der Waals surface area (Å²) in [6.45, 7) is 1.67. The predicted molar refractivity (Wildman–Crippen MR) is 156 cm³/mol. The highest BCUT2D eigenvalue weighted by Gasteiger charge is 2.24. The topological polar surface area (TPSA) is 101 Å². The molecule has 1 fully saturated rings. The van der Waals surface area contributed by atoms with E-state index in [4.69, 9.17) is 0 Å². The van der Waals surface area contributed by atoms with Gasteiger partial charge in [0.05, 0.1) is 29.1 Å². The monoisotopic (exact) mass is 598 g/mol. The molecule has 0 spiro atoms. The molecule has 1 N–H and O–H groups in total. The third-order valence-electron chi connectivity index (χ3n) is 7.66. The van der Waals surface area contributed by atoms with Crippen LogP contribution in [-0.2, 0) is 21.3 Å². The molecule has 3 aromatic heterocycles. The number of anilines is 1. The molecule has 42 heavy (non-hydrogen) atoms. The summed E-state index contributed by atoms with van der Waals surface area (Å²) in [6.07, 6.45) is 2.62. The van der Waals surface area contributed by atoms with Crippen molar-refractivity contribution in [1.82, 2.24) is 24.8 Å². The van der Waals surface area contributed by atoms with Gasteiger partial charge in [-0.2, -0.15) is 0 Å². The molecule has 0 bridgehead atoms.